The van der Waals surface area contributed by atoms with Crippen molar-refractivity contribution in [3.05, 3.63) is 35.4 Å². The maximum atomic E-state index is 11.9. The SMILES string of the molecule is Cc1ccccc1C(O)CNC1CCN(C(=O)OCC(C)C)CC1. The molecule has 24 heavy (non-hydrogen) atoms. The Morgan fingerprint density at radius 1 is 1.33 bits per heavy atom. The maximum Gasteiger partial charge on any atom is 0.409 e. The van der Waals surface area contributed by atoms with Crippen LogP contribution in [0.1, 0.15) is 43.9 Å². The van der Waals surface area contributed by atoms with Crippen LogP contribution in [0.5, 0.6) is 0 Å². The number of amides is 1. The monoisotopic (exact) mass is 334 g/mol. The molecule has 5 nitrogen and oxygen atoms in total. The van der Waals surface area contributed by atoms with Crippen molar-refractivity contribution in [3.8, 4) is 0 Å². The van der Waals surface area contributed by atoms with Crippen LogP contribution in [-0.4, -0.2) is 48.4 Å². The lowest BCUT2D eigenvalue weighted by Crippen LogP contribution is -2.46. The van der Waals surface area contributed by atoms with Crippen molar-refractivity contribution >= 4 is 6.09 Å². The van der Waals surface area contributed by atoms with Crippen LogP contribution in [0.2, 0.25) is 0 Å². The molecule has 0 bridgehead atoms. The molecule has 2 rings (SSSR count). The number of likely N-dealkylation sites (tertiary alicyclic amines) is 1. The smallest absolute Gasteiger partial charge is 0.409 e. The van der Waals surface area contributed by atoms with Crippen molar-refractivity contribution in [3.63, 3.8) is 0 Å². The Balaban J connectivity index is 1.71. The first-order valence-electron chi connectivity index (χ1n) is 8.86. The number of aliphatic hydroxyl groups excluding tert-OH is 1. The highest BCUT2D eigenvalue weighted by Gasteiger charge is 2.24. The molecule has 0 saturated carbocycles. The highest BCUT2D eigenvalue weighted by atomic mass is 16.6. The molecule has 1 fully saturated rings. The number of hydrogen-bond donors (Lipinski definition) is 2. The number of piperidine rings is 1. The van der Waals surface area contributed by atoms with E-state index in [9.17, 15) is 9.90 Å². The molecular weight excluding hydrogens is 304 g/mol. The molecule has 1 aromatic rings. The van der Waals surface area contributed by atoms with Gasteiger partial charge in [0.25, 0.3) is 0 Å². The van der Waals surface area contributed by atoms with E-state index in [4.69, 9.17) is 4.74 Å². The zero-order chi connectivity index (χ0) is 17.5. The number of aryl methyl sites for hydroxylation is 1. The quantitative estimate of drug-likeness (QED) is 0.840. The number of ether oxygens (including phenoxy) is 1. The number of carbonyl (C=O) groups excluding carboxylic acids is 1. The van der Waals surface area contributed by atoms with Gasteiger partial charge in [-0.15, -0.1) is 0 Å². The van der Waals surface area contributed by atoms with Crippen LogP contribution in [0.4, 0.5) is 4.79 Å². The fourth-order valence-electron chi connectivity index (χ4n) is 2.94. The van der Waals surface area contributed by atoms with Crippen molar-refractivity contribution in [2.24, 2.45) is 5.92 Å². The highest BCUT2D eigenvalue weighted by Crippen LogP contribution is 2.18. The van der Waals surface area contributed by atoms with Gasteiger partial charge in [-0.2, -0.15) is 0 Å². The number of nitrogens with zero attached hydrogens (tertiary/aromatic N) is 1. The largest absolute Gasteiger partial charge is 0.449 e. The summed E-state index contributed by atoms with van der Waals surface area (Å²) in [7, 11) is 0. The summed E-state index contributed by atoms with van der Waals surface area (Å²) in [5.74, 6) is 0.357. The zero-order valence-corrected chi connectivity index (χ0v) is 15.0. The first kappa shape index (κ1) is 18.7. The number of carbonyl (C=O) groups is 1. The van der Waals surface area contributed by atoms with Gasteiger partial charge in [0, 0.05) is 25.7 Å². The summed E-state index contributed by atoms with van der Waals surface area (Å²) in [5.41, 5.74) is 2.08. The van der Waals surface area contributed by atoms with E-state index in [1.807, 2.05) is 45.0 Å². The van der Waals surface area contributed by atoms with Gasteiger partial charge in [-0.3, -0.25) is 0 Å². The number of benzene rings is 1. The fraction of sp³-hybridized carbons (Fsp3) is 0.632. The van der Waals surface area contributed by atoms with Gasteiger partial charge in [0.1, 0.15) is 0 Å². The van der Waals surface area contributed by atoms with E-state index in [-0.39, 0.29) is 6.09 Å². The normalized spacial score (nSPS) is 17.1. The van der Waals surface area contributed by atoms with Crippen molar-refractivity contribution in [1.82, 2.24) is 10.2 Å². The molecule has 1 aromatic carbocycles. The fourth-order valence-corrected chi connectivity index (χ4v) is 2.94. The van der Waals surface area contributed by atoms with Crippen LogP contribution in [-0.2, 0) is 4.74 Å². The summed E-state index contributed by atoms with van der Waals surface area (Å²) in [4.78, 5) is 13.7. The Kier molecular flexibility index (Phi) is 7.06. The molecule has 0 aliphatic carbocycles. The summed E-state index contributed by atoms with van der Waals surface area (Å²) in [6.45, 7) is 8.49. The van der Waals surface area contributed by atoms with E-state index in [1.165, 1.54) is 0 Å². The Morgan fingerprint density at radius 2 is 2.00 bits per heavy atom. The summed E-state index contributed by atoms with van der Waals surface area (Å²) >= 11 is 0. The van der Waals surface area contributed by atoms with Crippen molar-refractivity contribution in [2.45, 2.75) is 45.8 Å². The number of rotatable bonds is 6. The molecule has 1 saturated heterocycles. The Morgan fingerprint density at radius 3 is 2.62 bits per heavy atom. The lowest BCUT2D eigenvalue weighted by atomic mass is 10.0. The predicted molar refractivity (Wildman–Crippen MR) is 94.9 cm³/mol. The maximum absolute atomic E-state index is 11.9. The van der Waals surface area contributed by atoms with Crippen LogP contribution < -0.4 is 5.32 Å². The van der Waals surface area contributed by atoms with Crippen LogP contribution in [0.15, 0.2) is 24.3 Å². The molecule has 0 radical (unpaired) electrons. The first-order chi connectivity index (χ1) is 11.5. The van der Waals surface area contributed by atoms with Gasteiger partial charge < -0.3 is 20.1 Å². The van der Waals surface area contributed by atoms with E-state index >= 15 is 0 Å². The molecule has 1 aliphatic heterocycles. The Labute approximate surface area is 145 Å². The van der Waals surface area contributed by atoms with Gasteiger partial charge in [-0.1, -0.05) is 38.1 Å². The van der Waals surface area contributed by atoms with Gasteiger partial charge >= 0.3 is 6.09 Å². The molecule has 5 heteroatoms. The van der Waals surface area contributed by atoms with E-state index in [0.29, 0.717) is 38.2 Å². The van der Waals surface area contributed by atoms with Crippen LogP contribution >= 0.6 is 0 Å². The lowest BCUT2D eigenvalue weighted by molar-refractivity contribution is 0.0802. The molecule has 1 amide bonds. The van der Waals surface area contributed by atoms with Crippen LogP contribution in [0.3, 0.4) is 0 Å². The van der Waals surface area contributed by atoms with E-state index in [1.54, 1.807) is 4.90 Å². The predicted octanol–water partition coefficient (Wildman–Crippen LogP) is 2.88. The summed E-state index contributed by atoms with van der Waals surface area (Å²) < 4.78 is 5.27. The molecular formula is C19H30N2O3. The molecule has 134 valence electrons. The van der Waals surface area contributed by atoms with Gasteiger partial charge in [0.2, 0.25) is 0 Å². The zero-order valence-electron chi connectivity index (χ0n) is 15.0. The lowest BCUT2D eigenvalue weighted by Gasteiger charge is -2.32. The van der Waals surface area contributed by atoms with Crippen molar-refractivity contribution < 1.29 is 14.6 Å². The third-order valence-corrected chi connectivity index (χ3v) is 4.44. The summed E-state index contributed by atoms with van der Waals surface area (Å²) in [6, 6.07) is 8.24. The molecule has 1 aliphatic rings. The average molecular weight is 334 g/mol. The van der Waals surface area contributed by atoms with Crippen molar-refractivity contribution in [2.75, 3.05) is 26.2 Å². The second kappa shape index (κ2) is 9.04. The third kappa shape index (κ3) is 5.49. The average Bonchev–Trinajstić information content (AvgIpc) is 2.58. The molecule has 0 aromatic heterocycles. The number of aliphatic hydroxyl groups is 1. The Bertz CT molecular complexity index is 525. The van der Waals surface area contributed by atoms with Gasteiger partial charge in [-0.25, -0.2) is 4.79 Å². The highest BCUT2D eigenvalue weighted by molar-refractivity contribution is 5.67. The third-order valence-electron chi connectivity index (χ3n) is 4.44. The standard InChI is InChI=1S/C19H30N2O3/c1-14(2)13-24-19(23)21-10-8-16(9-11-21)20-12-18(22)17-7-5-4-6-15(17)3/h4-7,14,16,18,20,22H,8-13H2,1-3H3. The van der Waals surface area contributed by atoms with Crippen LogP contribution in [0, 0.1) is 12.8 Å². The molecule has 0 spiro atoms. The van der Waals surface area contributed by atoms with E-state index in [0.717, 1.165) is 24.0 Å². The molecule has 2 N–H and O–H groups in total. The van der Waals surface area contributed by atoms with Gasteiger partial charge in [0.15, 0.2) is 0 Å². The summed E-state index contributed by atoms with van der Waals surface area (Å²) in [5, 5.41) is 13.8. The second-order valence-electron chi connectivity index (χ2n) is 7.01. The minimum absolute atomic E-state index is 0.206. The second-order valence-corrected chi connectivity index (χ2v) is 7.01. The van der Waals surface area contributed by atoms with Gasteiger partial charge in [0.05, 0.1) is 12.7 Å². The van der Waals surface area contributed by atoms with Gasteiger partial charge in [-0.05, 0) is 36.8 Å². The van der Waals surface area contributed by atoms with Crippen LogP contribution in [0.25, 0.3) is 0 Å². The molecule has 1 heterocycles. The number of nitrogens with one attached hydrogen (secondary N) is 1. The van der Waals surface area contributed by atoms with E-state index < -0.39 is 6.10 Å². The Hall–Kier alpha value is -1.59. The minimum atomic E-state index is -0.500. The molecule has 1 unspecified atom stereocenters. The minimum Gasteiger partial charge on any atom is -0.449 e. The molecule has 1 atom stereocenters. The van der Waals surface area contributed by atoms with E-state index in [2.05, 4.69) is 5.32 Å². The van der Waals surface area contributed by atoms with Crippen molar-refractivity contribution in [1.29, 1.82) is 0 Å². The topological polar surface area (TPSA) is 61.8 Å². The summed E-state index contributed by atoms with van der Waals surface area (Å²) in [6.07, 6.45) is 1.07. The first-order valence-corrected chi connectivity index (χ1v) is 8.86. The number of hydrogen-bond acceptors (Lipinski definition) is 4.